The third kappa shape index (κ3) is 2.01. The molecule has 0 unspecified atom stereocenters. The maximum Gasteiger partial charge on any atom is 0.154 e. The number of allylic oxidation sites excluding steroid dienone is 2. The first-order valence-electron chi connectivity index (χ1n) is 5.21. The molecule has 0 aliphatic carbocycles. The Morgan fingerprint density at radius 1 is 1.18 bits per heavy atom. The van der Waals surface area contributed by atoms with Crippen molar-refractivity contribution in [3.63, 3.8) is 0 Å². The van der Waals surface area contributed by atoms with Gasteiger partial charge in [-0.1, -0.05) is 30.3 Å². The van der Waals surface area contributed by atoms with E-state index in [1.54, 1.807) is 0 Å². The van der Waals surface area contributed by atoms with E-state index in [9.17, 15) is 0 Å². The molecule has 0 bridgehead atoms. The second-order valence-electron chi connectivity index (χ2n) is 3.80. The van der Waals surface area contributed by atoms with Crippen LogP contribution in [0, 0.1) is 5.41 Å². The van der Waals surface area contributed by atoms with Gasteiger partial charge in [-0.25, -0.2) is 4.99 Å². The highest BCUT2D eigenvalue weighted by atomic mass is 35.5. The first kappa shape index (κ1) is 11.6. The number of benzene rings is 1. The minimum atomic E-state index is 0. The van der Waals surface area contributed by atoms with E-state index in [0.717, 1.165) is 23.5 Å². The highest BCUT2D eigenvalue weighted by Gasteiger charge is 2.18. The first-order chi connectivity index (χ1) is 7.84. The van der Waals surface area contributed by atoms with Gasteiger partial charge >= 0.3 is 0 Å². The lowest BCUT2D eigenvalue weighted by atomic mass is 10.1. The molecule has 0 saturated carbocycles. The van der Waals surface area contributed by atoms with Crippen molar-refractivity contribution in [2.75, 3.05) is 0 Å². The normalized spacial score (nSPS) is 16.6. The van der Waals surface area contributed by atoms with Crippen molar-refractivity contribution >= 4 is 24.1 Å². The summed E-state index contributed by atoms with van der Waals surface area (Å²) in [5.74, 6) is 1.18. The van der Waals surface area contributed by atoms with Gasteiger partial charge in [0.2, 0.25) is 0 Å². The van der Waals surface area contributed by atoms with Gasteiger partial charge in [0.15, 0.2) is 5.84 Å². The molecule has 0 atom stereocenters. The number of hydrogen-bond acceptors (Lipinski definition) is 2. The molecule has 17 heavy (non-hydrogen) atoms. The minimum absolute atomic E-state index is 0. The molecule has 0 aromatic heterocycles. The quantitative estimate of drug-likeness (QED) is 0.750. The molecular formula is C13H12ClN3. The Labute approximate surface area is 106 Å². The smallest absolute Gasteiger partial charge is 0.154 e. The number of nitrogens with zero attached hydrogens (tertiary/aromatic N) is 2. The summed E-state index contributed by atoms with van der Waals surface area (Å²) in [5.41, 5.74) is 2.07. The van der Waals surface area contributed by atoms with Gasteiger partial charge in [0.05, 0.1) is 0 Å². The van der Waals surface area contributed by atoms with Crippen LogP contribution in [0.1, 0.15) is 11.1 Å². The van der Waals surface area contributed by atoms with Crippen molar-refractivity contribution in [2.24, 2.45) is 4.99 Å². The van der Waals surface area contributed by atoms with Gasteiger partial charge in [0.25, 0.3) is 0 Å². The van der Waals surface area contributed by atoms with E-state index < -0.39 is 0 Å². The van der Waals surface area contributed by atoms with Gasteiger partial charge in [0, 0.05) is 18.3 Å². The zero-order valence-electron chi connectivity index (χ0n) is 9.13. The SMILES string of the molecule is Cl.N=C1N=C2C=CC=CN2Cc2ccccc21. The number of aliphatic imine (C=N–C) groups is 1. The monoisotopic (exact) mass is 245 g/mol. The van der Waals surface area contributed by atoms with Gasteiger partial charge in [-0.3, -0.25) is 5.41 Å². The van der Waals surface area contributed by atoms with E-state index in [4.69, 9.17) is 5.41 Å². The summed E-state index contributed by atoms with van der Waals surface area (Å²) in [7, 11) is 0. The summed E-state index contributed by atoms with van der Waals surface area (Å²) in [5, 5.41) is 7.96. The van der Waals surface area contributed by atoms with E-state index in [1.165, 1.54) is 0 Å². The number of hydrogen-bond donors (Lipinski definition) is 1. The lowest BCUT2D eigenvalue weighted by Gasteiger charge is -2.20. The molecule has 1 N–H and O–H groups in total. The minimum Gasteiger partial charge on any atom is -0.329 e. The van der Waals surface area contributed by atoms with Crippen molar-refractivity contribution in [1.29, 1.82) is 5.41 Å². The summed E-state index contributed by atoms with van der Waals surface area (Å²) in [6.45, 7) is 0.776. The Hall–Kier alpha value is -1.87. The van der Waals surface area contributed by atoms with Crippen LogP contribution >= 0.6 is 12.4 Å². The van der Waals surface area contributed by atoms with Crippen molar-refractivity contribution in [2.45, 2.75) is 6.54 Å². The molecule has 3 nitrogen and oxygen atoms in total. The van der Waals surface area contributed by atoms with Crippen LogP contribution in [0.4, 0.5) is 0 Å². The molecule has 4 heteroatoms. The molecule has 2 aliphatic heterocycles. The molecule has 86 valence electrons. The number of rotatable bonds is 0. The molecule has 1 aromatic carbocycles. The molecule has 2 heterocycles. The molecule has 0 saturated heterocycles. The molecule has 1 aromatic rings. The van der Waals surface area contributed by atoms with Crippen LogP contribution in [0.15, 0.2) is 53.7 Å². The van der Waals surface area contributed by atoms with Gasteiger partial charge in [-0.05, 0) is 17.7 Å². The Morgan fingerprint density at radius 3 is 2.88 bits per heavy atom. The molecule has 2 aliphatic rings. The van der Waals surface area contributed by atoms with Crippen LogP contribution in [-0.2, 0) is 6.54 Å². The van der Waals surface area contributed by atoms with Crippen LogP contribution in [0.5, 0.6) is 0 Å². The maximum absolute atomic E-state index is 7.96. The fourth-order valence-electron chi connectivity index (χ4n) is 1.95. The Balaban J connectivity index is 0.00000108. The van der Waals surface area contributed by atoms with Crippen molar-refractivity contribution in [3.8, 4) is 0 Å². The second-order valence-corrected chi connectivity index (χ2v) is 3.80. The van der Waals surface area contributed by atoms with Crippen LogP contribution in [0.2, 0.25) is 0 Å². The Kier molecular flexibility index (Phi) is 3.11. The van der Waals surface area contributed by atoms with Crippen molar-refractivity contribution in [3.05, 3.63) is 59.8 Å². The molecule has 3 rings (SSSR count). The summed E-state index contributed by atoms with van der Waals surface area (Å²) in [6, 6.07) is 7.95. The highest BCUT2D eigenvalue weighted by molar-refractivity contribution is 6.10. The average molecular weight is 246 g/mol. The third-order valence-corrected chi connectivity index (χ3v) is 2.76. The van der Waals surface area contributed by atoms with E-state index in [-0.39, 0.29) is 12.4 Å². The number of halogens is 1. The summed E-state index contributed by atoms with van der Waals surface area (Å²) < 4.78 is 0. The molecule has 0 fully saturated rings. The van der Waals surface area contributed by atoms with Gasteiger partial charge < -0.3 is 4.90 Å². The zero-order chi connectivity index (χ0) is 11.0. The number of amidine groups is 2. The van der Waals surface area contributed by atoms with Crippen molar-refractivity contribution in [1.82, 2.24) is 4.90 Å². The molecule has 0 spiro atoms. The first-order valence-corrected chi connectivity index (χ1v) is 5.21. The summed E-state index contributed by atoms with van der Waals surface area (Å²) in [4.78, 5) is 6.38. The predicted octanol–water partition coefficient (Wildman–Crippen LogP) is 2.73. The van der Waals surface area contributed by atoms with Crippen LogP contribution in [0.3, 0.4) is 0 Å². The Morgan fingerprint density at radius 2 is 2.00 bits per heavy atom. The second kappa shape index (κ2) is 4.55. The van der Waals surface area contributed by atoms with E-state index in [1.807, 2.05) is 42.6 Å². The summed E-state index contributed by atoms with van der Waals surface area (Å²) >= 11 is 0. The summed E-state index contributed by atoms with van der Waals surface area (Å²) in [6.07, 6.45) is 7.85. The average Bonchev–Trinajstić information content (AvgIpc) is 2.45. The van der Waals surface area contributed by atoms with Crippen LogP contribution < -0.4 is 0 Å². The number of nitrogens with one attached hydrogen (secondary N) is 1. The fourth-order valence-corrected chi connectivity index (χ4v) is 1.95. The van der Waals surface area contributed by atoms with E-state index in [0.29, 0.717) is 5.84 Å². The standard InChI is InChI=1S/C13H11N3.ClH/c14-13-11-6-2-1-5-10(11)9-16-8-4-3-7-12(16)15-13;/h1-8,14H,9H2;1H. The van der Waals surface area contributed by atoms with Gasteiger partial charge in [-0.15, -0.1) is 12.4 Å². The third-order valence-electron chi connectivity index (χ3n) is 2.76. The van der Waals surface area contributed by atoms with Gasteiger partial charge in [-0.2, -0.15) is 0 Å². The molecular weight excluding hydrogens is 234 g/mol. The van der Waals surface area contributed by atoms with Crippen LogP contribution in [-0.4, -0.2) is 16.6 Å². The van der Waals surface area contributed by atoms with Gasteiger partial charge in [0.1, 0.15) is 5.84 Å². The Bertz CT molecular complexity index is 543. The van der Waals surface area contributed by atoms with Crippen molar-refractivity contribution < 1.29 is 0 Å². The predicted molar refractivity (Wildman–Crippen MR) is 71.8 cm³/mol. The lowest BCUT2D eigenvalue weighted by Crippen LogP contribution is -2.24. The largest absolute Gasteiger partial charge is 0.329 e. The van der Waals surface area contributed by atoms with E-state index in [2.05, 4.69) is 16.0 Å². The topological polar surface area (TPSA) is 39.5 Å². The fraction of sp³-hybridized carbons (Fsp3) is 0.0769. The molecule has 0 amide bonds. The highest BCUT2D eigenvalue weighted by Crippen LogP contribution is 2.19. The molecule has 0 radical (unpaired) electrons. The lowest BCUT2D eigenvalue weighted by molar-refractivity contribution is 0.556. The van der Waals surface area contributed by atoms with Crippen LogP contribution in [0.25, 0.3) is 0 Å². The zero-order valence-corrected chi connectivity index (χ0v) is 9.95. The maximum atomic E-state index is 7.96. The van der Waals surface area contributed by atoms with E-state index >= 15 is 0 Å². The number of fused-ring (bicyclic) bond motifs is 2.